The van der Waals surface area contributed by atoms with Crippen molar-refractivity contribution >= 4 is 17.7 Å². The van der Waals surface area contributed by atoms with E-state index >= 15 is 0 Å². The highest BCUT2D eigenvalue weighted by atomic mass is 32.2. The number of likely N-dealkylation sites (tertiary alicyclic amines) is 1. The number of rotatable bonds is 3. The summed E-state index contributed by atoms with van der Waals surface area (Å²) in [5.41, 5.74) is 6.02. The van der Waals surface area contributed by atoms with E-state index in [1.165, 1.54) is 6.42 Å². The van der Waals surface area contributed by atoms with E-state index in [-0.39, 0.29) is 17.2 Å². The van der Waals surface area contributed by atoms with Crippen LogP contribution in [0.4, 0.5) is 0 Å². The van der Waals surface area contributed by atoms with Gasteiger partial charge in [-0.1, -0.05) is 0 Å². The van der Waals surface area contributed by atoms with Crippen LogP contribution in [0.1, 0.15) is 25.7 Å². The van der Waals surface area contributed by atoms with Crippen LogP contribution in [-0.4, -0.2) is 54.2 Å². The molecule has 1 amide bonds. The summed E-state index contributed by atoms with van der Waals surface area (Å²) in [5.74, 6) is 0.828. The maximum Gasteiger partial charge on any atom is 0.232 e. The van der Waals surface area contributed by atoms with Crippen molar-refractivity contribution in [1.29, 1.82) is 0 Å². The number of amides is 1. The van der Waals surface area contributed by atoms with E-state index in [1.807, 2.05) is 4.90 Å². The van der Waals surface area contributed by atoms with E-state index in [4.69, 9.17) is 10.5 Å². The molecular weight excluding hydrogens is 236 g/mol. The Kier molecular flexibility index (Phi) is 5.13. The molecule has 2 atom stereocenters. The van der Waals surface area contributed by atoms with Crippen molar-refractivity contribution in [3.8, 4) is 0 Å². The molecule has 5 heteroatoms. The molecule has 2 aliphatic rings. The molecule has 98 valence electrons. The summed E-state index contributed by atoms with van der Waals surface area (Å²) < 4.78 is 5.40. The van der Waals surface area contributed by atoms with Crippen LogP contribution < -0.4 is 5.73 Å². The van der Waals surface area contributed by atoms with Crippen LogP contribution in [0.15, 0.2) is 0 Å². The number of carbonyl (C=O) groups is 1. The molecule has 2 heterocycles. The van der Waals surface area contributed by atoms with Crippen molar-refractivity contribution in [2.75, 3.05) is 32.1 Å². The normalized spacial score (nSPS) is 30.3. The minimum Gasteiger partial charge on any atom is -0.380 e. The number of nitrogens with two attached hydrogens (primary N) is 1. The summed E-state index contributed by atoms with van der Waals surface area (Å²) in [6, 6.07) is 0.183. The lowest BCUT2D eigenvalue weighted by atomic mass is 10.1. The zero-order chi connectivity index (χ0) is 12.1. The number of thioether (sulfide) groups is 1. The van der Waals surface area contributed by atoms with Crippen molar-refractivity contribution in [2.24, 2.45) is 5.73 Å². The number of ether oxygens (including phenoxy) is 1. The van der Waals surface area contributed by atoms with Gasteiger partial charge in [-0.2, -0.15) is 0 Å². The fourth-order valence-corrected chi connectivity index (χ4v) is 3.43. The van der Waals surface area contributed by atoms with Gasteiger partial charge in [0.15, 0.2) is 0 Å². The quantitative estimate of drug-likeness (QED) is 0.815. The molecule has 2 rings (SSSR count). The SMILES string of the molecule is NC1CCOCC1SCC(=O)N1CCCCC1. The standard InChI is InChI=1S/C12H22N2O2S/c13-10-4-7-16-8-11(10)17-9-12(15)14-5-2-1-3-6-14/h10-11H,1-9,13H2. The van der Waals surface area contributed by atoms with E-state index in [2.05, 4.69) is 0 Å². The highest BCUT2D eigenvalue weighted by molar-refractivity contribution is 8.00. The van der Waals surface area contributed by atoms with Crippen LogP contribution >= 0.6 is 11.8 Å². The Bertz CT molecular complexity index is 257. The number of hydrogen-bond donors (Lipinski definition) is 1. The van der Waals surface area contributed by atoms with Gasteiger partial charge in [0.2, 0.25) is 5.91 Å². The van der Waals surface area contributed by atoms with Crippen LogP contribution in [0.25, 0.3) is 0 Å². The molecular formula is C12H22N2O2S. The third-order valence-electron chi connectivity index (χ3n) is 3.48. The van der Waals surface area contributed by atoms with E-state index in [1.54, 1.807) is 11.8 Å². The molecule has 0 saturated carbocycles. The molecule has 2 unspecified atom stereocenters. The van der Waals surface area contributed by atoms with Crippen LogP contribution in [0, 0.1) is 0 Å². The lowest BCUT2D eigenvalue weighted by Gasteiger charge is -2.30. The van der Waals surface area contributed by atoms with Crippen molar-refractivity contribution in [3.63, 3.8) is 0 Å². The summed E-state index contributed by atoms with van der Waals surface area (Å²) in [6.45, 7) is 3.33. The van der Waals surface area contributed by atoms with Gasteiger partial charge in [0.25, 0.3) is 0 Å². The molecule has 2 saturated heterocycles. The molecule has 4 nitrogen and oxygen atoms in total. The second-order valence-corrected chi connectivity index (χ2v) is 6.05. The minimum absolute atomic E-state index is 0.183. The molecule has 2 aliphatic heterocycles. The van der Waals surface area contributed by atoms with E-state index in [9.17, 15) is 4.79 Å². The van der Waals surface area contributed by atoms with Crippen molar-refractivity contribution in [2.45, 2.75) is 37.0 Å². The monoisotopic (exact) mass is 258 g/mol. The molecule has 0 aliphatic carbocycles. The summed E-state index contributed by atoms with van der Waals surface area (Å²) in [4.78, 5) is 14.0. The fraction of sp³-hybridized carbons (Fsp3) is 0.917. The lowest BCUT2D eigenvalue weighted by molar-refractivity contribution is -0.129. The lowest BCUT2D eigenvalue weighted by Crippen LogP contribution is -2.42. The maximum absolute atomic E-state index is 12.0. The van der Waals surface area contributed by atoms with Gasteiger partial charge in [-0.25, -0.2) is 0 Å². The average molecular weight is 258 g/mol. The second-order valence-electron chi connectivity index (χ2n) is 4.82. The molecule has 17 heavy (non-hydrogen) atoms. The third kappa shape index (κ3) is 3.86. The fourth-order valence-electron chi connectivity index (χ4n) is 2.31. The molecule has 2 fully saturated rings. The molecule has 2 N–H and O–H groups in total. The van der Waals surface area contributed by atoms with Crippen LogP contribution in [0.3, 0.4) is 0 Å². The molecule has 0 aromatic carbocycles. The Morgan fingerprint density at radius 1 is 1.35 bits per heavy atom. The van der Waals surface area contributed by atoms with E-state index in [0.717, 1.165) is 39.0 Å². The number of piperidine rings is 1. The molecule has 0 spiro atoms. The first kappa shape index (κ1) is 13.2. The van der Waals surface area contributed by atoms with Gasteiger partial charge in [0.1, 0.15) is 0 Å². The zero-order valence-corrected chi connectivity index (χ0v) is 11.1. The van der Waals surface area contributed by atoms with Gasteiger partial charge in [-0.3, -0.25) is 4.79 Å². The van der Waals surface area contributed by atoms with Gasteiger partial charge in [0.05, 0.1) is 12.4 Å². The van der Waals surface area contributed by atoms with Gasteiger partial charge < -0.3 is 15.4 Å². The summed E-state index contributed by atoms with van der Waals surface area (Å²) in [7, 11) is 0. The van der Waals surface area contributed by atoms with Crippen molar-refractivity contribution in [3.05, 3.63) is 0 Å². The predicted molar refractivity (Wildman–Crippen MR) is 70.1 cm³/mol. The van der Waals surface area contributed by atoms with Crippen LogP contribution in [-0.2, 0) is 9.53 Å². The van der Waals surface area contributed by atoms with E-state index in [0.29, 0.717) is 12.4 Å². The Labute approximate surface area is 107 Å². The smallest absolute Gasteiger partial charge is 0.232 e. The highest BCUT2D eigenvalue weighted by Crippen LogP contribution is 2.21. The average Bonchev–Trinajstić information content (AvgIpc) is 2.38. The van der Waals surface area contributed by atoms with Gasteiger partial charge in [-0.15, -0.1) is 11.8 Å². The van der Waals surface area contributed by atoms with Crippen molar-refractivity contribution in [1.82, 2.24) is 4.90 Å². The number of hydrogen-bond acceptors (Lipinski definition) is 4. The Morgan fingerprint density at radius 2 is 2.12 bits per heavy atom. The van der Waals surface area contributed by atoms with Crippen LogP contribution in [0.5, 0.6) is 0 Å². The Morgan fingerprint density at radius 3 is 2.82 bits per heavy atom. The molecule has 0 radical (unpaired) electrons. The van der Waals surface area contributed by atoms with Gasteiger partial charge in [-0.05, 0) is 25.7 Å². The van der Waals surface area contributed by atoms with E-state index < -0.39 is 0 Å². The molecule has 0 aromatic heterocycles. The number of nitrogens with zero attached hydrogens (tertiary/aromatic N) is 1. The molecule has 0 bridgehead atoms. The minimum atomic E-state index is 0.183. The second kappa shape index (κ2) is 6.61. The Hall–Kier alpha value is -0.260. The van der Waals surface area contributed by atoms with Gasteiger partial charge in [0, 0.05) is 31.0 Å². The highest BCUT2D eigenvalue weighted by Gasteiger charge is 2.25. The summed E-state index contributed by atoms with van der Waals surface area (Å²) in [5, 5.41) is 0.289. The predicted octanol–water partition coefficient (Wildman–Crippen LogP) is 0.848. The van der Waals surface area contributed by atoms with Crippen molar-refractivity contribution < 1.29 is 9.53 Å². The largest absolute Gasteiger partial charge is 0.380 e. The first-order valence-corrected chi connectivity index (χ1v) is 7.55. The zero-order valence-electron chi connectivity index (χ0n) is 10.3. The first-order chi connectivity index (χ1) is 8.27. The van der Waals surface area contributed by atoms with Crippen LogP contribution in [0.2, 0.25) is 0 Å². The first-order valence-electron chi connectivity index (χ1n) is 6.50. The van der Waals surface area contributed by atoms with Gasteiger partial charge >= 0.3 is 0 Å². The molecule has 0 aromatic rings. The topological polar surface area (TPSA) is 55.6 Å². The summed E-state index contributed by atoms with van der Waals surface area (Å²) >= 11 is 1.67. The maximum atomic E-state index is 12.0. The number of carbonyl (C=O) groups excluding carboxylic acids is 1. The Balaban J connectivity index is 1.71. The summed E-state index contributed by atoms with van der Waals surface area (Å²) in [6.07, 6.45) is 4.48. The third-order valence-corrected chi connectivity index (χ3v) is 4.81.